The van der Waals surface area contributed by atoms with E-state index < -0.39 is 5.97 Å². The van der Waals surface area contributed by atoms with Crippen molar-refractivity contribution in [1.82, 2.24) is 0 Å². The fourth-order valence-electron chi connectivity index (χ4n) is 1.29. The first-order valence-corrected chi connectivity index (χ1v) is 5.03. The van der Waals surface area contributed by atoms with Crippen molar-refractivity contribution in [2.75, 3.05) is 7.11 Å². The van der Waals surface area contributed by atoms with Gasteiger partial charge < -0.3 is 9.84 Å². The minimum atomic E-state index is -0.481. The van der Waals surface area contributed by atoms with Crippen LogP contribution in [0, 0.1) is 11.3 Å². The number of phenols is 1. The average Bonchev–Trinajstić information content (AvgIpc) is 2.31. The molecule has 0 saturated carbocycles. The number of aromatic hydroxyl groups is 1. The van der Waals surface area contributed by atoms with Gasteiger partial charge in [0.25, 0.3) is 0 Å². The highest BCUT2D eigenvalue weighted by molar-refractivity contribution is 6.17. The Kier molecular flexibility index (Phi) is 4.15. The summed E-state index contributed by atoms with van der Waals surface area (Å²) >= 11 is 5.64. The van der Waals surface area contributed by atoms with Crippen molar-refractivity contribution < 1.29 is 14.6 Å². The van der Waals surface area contributed by atoms with Crippen LogP contribution in [-0.2, 0) is 21.8 Å². The molecule has 84 valence electrons. The highest BCUT2D eigenvalue weighted by Gasteiger charge is 2.13. The van der Waals surface area contributed by atoms with Crippen molar-refractivity contribution in [3.05, 3.63) is 28.8 Å². The molecule has 0 radical (unpaired) electrons. The van der Waals surface area contributed by atoms with Gasteiger partial charge >= 0.3 is 5.97 Å². The van der Waals surface area contributed by atoms with E-state index >= 15 is 0 Å². The number of alkyl halides is 1. The summed E-state index contributed by atoms with van der Waals surface area (Å²) < 4.78 is 4.49. The Bertz CT molecular complexity index is 451. The molecule has 0 aliphatic carbocycles. The molecular formula is C11H10ClNO3. The number of halogens is 1. The number of carbonyl (C=O) groups excluding carboxylic acids is 1. The predicted octanol–water partition coefficient (Wildman–Crippen LogP) is 1.72. The molecule has 0 heterocycles. The molecule has 0 saturated heterocycles. The molecule has 0 spiro atoms. The van der Waals surface area contributed by atoms with E-state index in [4.69, 9.17) is 16.9 Å². The molecular weight excluding hydrogens is 230 g/mol. The van der Waals surface area contributed by atoms with Gasteiger partial charge in [0.05, 0.1) is 19.1 Å². The third kappa shape index (κ3) is 2.65. The summed E-state index contributed by atoms with van der Waals surface area (Å²) in [7, 11) is 1.26. The van der Waals surface area contributed by atoms with Gasteiger partial charge in [-0.1, -0.05) is 6.07 Å². The molecule has 1 aromatic carbocycles. The number of ether oxygens (including phenoxy) is 1. The summed E-state index contributed by atoms with van der Waals surface area (Å²) in [5, 5.41) is 18.5. The van der Waals surface area contributed by atoms with Crippen LogP contribution in [0.5, 0.6) is 5.75 Å². The van der Waals surface area contributed by atoms with Crippen LogP contribution in [0.4, 0.5) is 0 Å². The largest absolute Gasteiger partial charge is 0.506 e. The number of benzene rings is 1. The van der Waals surface area contributed by atoms with E-state index in [-0.39, 0.29) is 23.6 Å². The fraction of sp³-hybridized carbons (Fsp3) is 0.273. The molecule has 0 aliphatic heterocycles. The summed E-state index contributed by atoms with van der Waals surface area (Å²) in [6, 6.07) is 4.91. The summed E-state index contributed by atoms with van der Waals surface area (Å²) in [6.45, 7) is 0. The third-order valence-corrected chi connectivity index (χ3v) is 2.39. The lowest BCUT2D eigenvalue weighted by Crippen LogP contribution is -2.05. The van der Waals surface area contributed by atoms with Gasteiger partial charge in [-0.15, -0.1) is 11.6 Å². The summed E-state index contributed by atoms with van der Waals surface area (Å²) in [4.78, 5) is 11.1. The van der Waals surface area contributed by atoms with Crippen molar-refractivity contribution in [1.29, 1.82) is 5.26 Å². The van der Waals surface area contributed by atoms with Crippen LogP contribution in [0.1, 0.15) is 16.7 Å². The number of carbonyl (C=O) groups is 1. The van der Waals surface area contributed by atoms with Crippen LogP contribution in [0.3, 0.4) is 0 Å². The average molecular weight is 240 g/mol. The summed E-state index contributed by atoms with van der Waals surface area (Å²) in [5.41, 5.74) is 1.13. The van der Waals surface area contributed by atoms with Crippen LogP contribution in [0.15, 0.2) is 12.1 Å². The van der Waals surface area contributed by atoms with E-state index in [0.717, 1.165) is 0 Å². The molecule has 4 nitrogen and oxygen atoms in total. The molecule has 0 bridgehead atoms. The minimum absolute atomic E-state index is 0.0816. The number of nitriles is 1. The van der Waals surface area contributed by atoms with Gasteiger partial charge in [-0.25, -0.2) is 0 Å². The first-order valence-electron chi connectivity index (χ1n) is 4.50. The highest BCUT2D eigenvalue weighted by Crippen LogP contribution is 2.25. The lowest BCUT2D eigenvalue weighted by molar-refractivity contribution is -0.139. The molecule has 0 aliphatic rings. The second-order valence-corrected chi connectivity index (χ2v) is 3.42. The topological polar surface area (TPSA) is 70.3 Å². The first kappa shape index (κ1) is 12.3. The SMILES string of the molecule is COC(=O)Cc1cc(CCl)cc(C#N)c1O. The van der Waals surface area contributed by atoms with E-state index in [1.807, 2.05) is 6.07 Å². The van der Waals surface area contributed by atoms with Gasteiger partial charge in [0, 0.05) is 11.4 Å². The van der Waals surface area contributed by atoms with Crippen LogP contribution >= 0.6 is 11.6 Å². The van der Waals surface area contributed by atoms with Crippen LogP contribution in [0.25, 0.3) is 0 Å². The highest BCUT2D eigenvalue weighted by atomic mass is 35.5. The zero-order valence-electron chi connectivity index (χ0n) is 8.66. The second kappa shape index (κ2) is 5.38. The van der Waals surface area contributed by atoms with Gasteiger partial charge in [0.15, 0.2) is 0 Å². The molecule has 0 amide bonds. The summed E-state index contributed by atoms with van der Waals surface area (Å²) in [6.07, 6.45) is -0.0816. The predicted molar refractivity (Wildman–Crippen MR) is 58.1 cm³/mol. The van der Waals surface area contributed by atoms with E-state index in [0.29, 0.717) is 11.1 Å². The molecule has 0 aromatic heterocycles. The van der Waals surface area contributed by atoms with Crippen LogP contribution in [-0.4, -0.2) is 18.2 Å². The fourth-order valence-corrected chi connectivity index (χ4v) is 1.44. The molecule has 1 aromatic rings. The number of hydrogen-bond donors (Lipinski definition) is 1. The third-order valence-electron chi connectivity index (χ3n) is 2.09. The molecule has 16 heavy (non-hydrogen) atoms. The van der Waals surface area contributed by atoms with E-state index in [9.17, 15) is 9.90 Å². The number of nitrogens with zero attached hydrogens (tertiary/aromatic N) is 1. The van der Waals surface area contributed by atoms with Crippen molar-refractivity contribution in [3.63, 3.8) is 0 Å². The van der Waals surface area contributed by atoms with Gasteiger partial charge in [-0.3, -0.25) is 4.79 Å². The Balaban J connectivity index is 3.17. The number of esters is 1. The molecule has 5 heteroatoms. The Hall–Kier alpha value is -1.73. The van der Waals surface area contributed by atoms with Gasteiger partial charge in [-0.2, -0.15) is 5.26 Å². The zero-order valence-corrected chi connectivity index (χ0v) is 9.41. The van der Waals surface area contributed by atoms with Crippen molar-refractivity contribution >= 4 is 17.6 Å². The minimum Gasteiger partial charge on any atom is -0.506 e. The molecule has 0 fully saturated rings. The Morgan fingerprint density at radius 1 is 1.62 bits per heavy atom. The van der Waals surface area contributed by atoms with Gasteiger partial charge in [0.2, 0.25) is 0 Å². The normalized spacial score (nSPS) is 9.56. The van der Waals surface area contributed by atoms with Crippen LogP contribution < -0.4 is 0 Å². The standard InChI is InChI=1S/C11H10ClNO3/c1-16-10(14)4-8-2-7(5-12)3-9(6-13)11(8)15/h2-3,15H,4-5H2,1H3. The number of hydrogen-bond acceptors (Lipinski definition) is 4. The maximum absolute atomic E-state index is 11.1. The monoisotopic (exact) mass is 239 g/mol. The molecule has 0 atom stereocenters. The lowest BCUT2D eigenvalue weighted by atomic mass is 10.0. The van der Waals surface area contributed by atoms with Gasteiger partial charge in [-0.05, 0) is 11.6 Å². The Morgan fingerprint density at radius 2 is 2.31 bits per heavy atom. The first-order chi connectivity index (χ1) is 7.62. The maximum Gasteiger partial charge on any atom is 0.310 e. The summed E-state index contributed by atoms with van der Waals surface area (Å²) in [5.74, 6) is -0.462. The molecule has 1 rings (SSSR count). The van der Waals surface area contributed by atoms with Crippen LogP contribution in [0.2, 0.25) is 0 Å². The van der Waals surface area contributed by atoms with Crippen molar-refractivity contribution in [3.8, 4) is 11.8 Å². The smallest absolute Gasteiger partial charge is 0.310 e. The van der Waals surface area contributed by atoms with Gasteiger partial charge in [0.1, 0.15) is 11.8 Å². The van der Waals surface area contributed by atoms with E-state index in [1.165, 1.54) is 13.2 Å². The number of methoxy groups -OCH3 is 1. The van der Waals surface area contributed by atoms with Crippen molar-refractivity contribution in [2.45, 2.75) is 12.3 Å². The number of phenolic OH excluding ortho intramolecular Hbond substituents is 1. The van der Waals surface area contributed by atoms with E-state index in [2.05, 4.69) is 4.74 Å². The maximum atomic E-state index is 11.1. The molecule has 0 unspecified atom stereocenters. The van der Waals surface area contributed by atoms with Crippen molar-refractivity contribution in [2.24, 2.45) is 0 Å². The molecule has 1 N–H and O–H groups in total. The second-order valence-electron chi connectivity index (χ2n) is 3.15. The number of rotatable bonds is 3. The van der Waals surface area contributed by atoms with E-state index in [1.54, 1.807) is 6.07 Å². The Morgan fingerprint density at radius 3 is 2.81 bits per heavy atom. The lowest BCUT2D eigenvalue weighted by Gasteiger charge is -2.07. The quantitative estimate of drug-likeness (QED) is 0.644. The Labute approximate surface area is 98.0 Å². The zero-order chi connectivity index (χ0) is 12.1.